The number of hydrogen-bond donors (Lipinski definition) is 2. The minimum atomic E-state index is -1.01. The fourth-order valence-electron chi connectivity index (χ4n) is 2.26. The van der Waals surface area contributed by atoms with E-state index in [0.29, 0.717) is 12.3 Å². The normalized spacial score (nSPS) is 17.9. The number of hydrogen-bond acceptors (Lipinski definition) is 3. The Kier molecular flexibility index (Phi) is 3.52. The molecule has 3 rings (SSSR count). The van der Waals surface area contributed by atoms with Crippen LogP contribution in [0.5, 0.6) is 0 Å². The van der Waals surface area contributed by atoms with Crippen LogP contribution in [0.4, 0.5) is 0 Å². The number of carbonyl (C=O) groups is 1. The van der Waals surface area contributed by atoms with Crippen LogP contribution in [0, 0.1) is 5.92 Å². The second kappa shape index (κ2) is 5.19. The van der Waals surface area contributed by atoms with Crippen molar-refractivity contribution < 1.29 is 9.90 Å². The number of benzene rings is 1. The molecule has 1 aromatic heterocycles. The Morgan fingerprint density at radius 3 is 2.90 bits per heavy atom. The quantitative estimate of drug-likeness (QED) is 0.889. The monoisotopic (exact) mass is 289 g/mol. The minimum absolute atomic E-state index is 0.0499. The highest BCUT2D eigenvalue weighted by Crippen LogP contribution is 2.34. The molecule has 1 amide bonds. The van der Waals surface area contributed by atoms with Crippen LogP contribution >= 0.6 is 11.3 Å². The van der Waals surface area contributed by atoms with Gasteiger partial charge in [0, 0.05) is 16.0 Å². The average Bonchev–Trinajstić information content (AvgIpc) is 3.11. The fraction of sp³-hybridized carbons (Fsp3) is 0.438. The van der Waals surface area contributed by atoms with Crippen LogP contribution in [0.2, 0.25) is 0 Å². The van der Waals surface area contributed by atoms with Crippen LogP contribution in [0.25, 0.3) is 10.1 Å². The molecule has 1 aromatic carbocycles. The van der Waals surface area contributed by atoms with E-state index in [1.807, 2.05) is 30.3 Å². The first-order chi connectivity index (χ1) is 9.54. The maximum atomic E-state index is 11.7. The second-order valence-corrected chi connectivity index (χ2v) is 6.93. The largest absolute Gasteiger partial charge is 0.383 e. The van der Waals surface area contributed by atoms with Gasteiger partial charge in [0.1, 0.15) is 5.60 Å². The zero-order valence-corrected chi connectivity index (χ0v) is 12.4. The van der Waals surface area contributed by atoms with Gasteiger partial charge in [-0.3, -0.25) is 4.79 Å². The summed E-state index contributed by atoms with van der Waals surface area (Å²) in [6.45, 7) is 2.03. The van der Waals surface area contributed by atoms with Gasteiger partial charge in [-0.1, -0.05) is 18.2 Å². The van der Waals surface area contributed by atoms with Gasteiger partial charge in [-0.2, -0.15) is 0 Å². The van der Waals surface area contributed by atoms with Crippen LogP contribution < -0.4 is 5.32 Å². The molecule has 1 aliphatic rings. The highest BCUT2D eigenvalue weighted by Gasteiger charge is 2.28. The van der Waals surface area contributed by atoms with Crippen LogP contribution in [0.15, 0.2) is 30.3 Å². The number of nitrogens with one attached hydrogen (secondary N) is 1. The maximum Gasteiger partial charge on any atom is 0.220 e. The second-order valence-electron chi connectivity index (χ2n) is 5.85. The Bertz CT molecular complexity index is 595. The molecule has 0 unspecified atom stereocenters. The molecule has 0 radical (unpaired) electrons. The molecule has 3 nitrogen and oxygen atoms in total. The first-order valence-corrected chi connectivity index (χ1v) is 7.84. The van der Waals surface area contributed by atoms with Crippen molar-refractivity contribution in [3.63, 3.8) is 0 Å². The summed E-state index contributed by atoms with van der Waals surface area (Å²) in [5.41, 5.74) is -1.01. The van der Waals surface area contributed by atoms with E-state index in [4.69, 9.17) is 0 Å². The number of carbonyl (C=O) groups excluding carboxylic acids is 1. The molecular weight excluding hydrogens is 270 g/mol. The summed E-state index contributed by atoms with van der Waals surface area (Å²) in [4.78, 5) is 12.6. The fourth-order valence-corrected chi connectivity index (χ4v) is 3.37. The van der Waals surface area contributed by atoms with E-state index >= 15 is 0 Å². The molecule has 0 saturated heterocycles. The predicted octanol–water partition coefficient (Wildman–Crippen LogP) is 3.03. The summed E-state index contributed by atoms with van der Waals surface area (Å²) in [6.07, 6.45) is 2.93. The lowest BCUT2D eigenvalue weighted by molar-refractivity contribution is -0.122. The number of rotatable bonds is 5. The first kappa shape index (κ1) is 13.6. The van der Waals surface area contributed by atoms with Gasteiger partial charge in [-0.05, 0) is 43.2 Å². The van der Waals surface area contributed by atoms with Gasteiger partial charge in [-0.15, -0.1) is 11.3 Å². The first-order valence-electron chi connectivity index (χ1n) is 7.03. The van der Waals surface area contributed by atoms with Crippen molar-refractivity contribution in [1.29, 1.82) is 0 Å². The SMILES string of the molecule is C[C@@](O)(CNC(=O)CC1CC1)c1cc2ccccc2s1. The van der Waals surface area contributed by atoms with Gasteiger partial charge in [0.05, 0.1) is 6.54 Å². The van der Waals surface area contributed by atoms with Crippen molar-refractivity contribution >= 4 is 27.3 Å². The summed E-state index contributed by atoms with van der Waals surface area (Å²) >= 11 is 1.58. The van der Waals surface area contributed by atoms with Crippen LogP contribution in [0.1, 0.15) is 31.1 Å². The molecule has 2 N–H and O–H groups in total. The lowest BCUT2D eigenvalue weighted by Crippen LogP contribution is -2.38. The van der Waals surface area contributed by atoms with Crippen molar-refractivity contribution in [3.05, 3.63) is 35.2 Å². The zero-order valence-electron chi connectivity index (χ0n) is 11.6. The van der Waals surface area contributed by atoms with E-state index in [9.17, 15) is 9.90 Å². The summed E-state index contributed by atoms with van der Waals surface area (Å²) in [5, 5.41) is 14.6. The van der Waals surface area contributed by atoms with Gasteiger partial charge in [-0.25, -0.2) is 0 Å². The molecule has 0 spiro atoms. The molecule has 2 aromatic rings. The topological polar surface area (TPSA) is 49.3 Å². The number of aliphatic hydroxyl groups is 1. The maximum absolute atomic E-state index is 11.7. The Labute approximate surface area is 122 Å². The Balaban J connectivity index is 1.68. The van der Waals surface area contributed by atoms with E-state index in [2.05, 4.69) is 5.32 Å². The van der Waals surface area contributed by atoms with Crippen molar-refractivity contribution in [2.24, 2.45) is 5.92 Å². The van der Waals surface area contributed by atoms with Crippen molar-refractivity contribution in [3.8, 4) is 0 Å². The molecule has 1 fully saturated rings. The summed E-state index contributed by atoms with van der Waals surface area (Å²) < 4.78 is 1.16. The van der Waals surface area contributed by atoms with E-state index in [-0.39, 0.29) is 12.5 Å². The predicted molar refractivity (Wildman–Crippen MR) is 81.7 cm³/mol. The minimum Gasteiger partial charge on any atom is -0.383 e. The Morgan fingerprint density at radius 1 is 1.45 bits per heavy atom. The highest BCUT2D eigenvalue weighted by molar-refractivity contribution is 7.19. The summed E-state index contributed by atoms with van der Waals surface area (Å²) in [7, 11) is 0. The smallest absolute Gasteiger partial charge is 0.220 e. The number of amides is 1. The lowest BCUT2D eigenvalue weighted by Gasteiger charge is -2.22. The molecule has 4 heteroatoms. The molecule has 1 aliphatic carbocycles. The van der Waals surface area contributed by atoms with Gasteiger partial charge < -0.3 is 10.4 Å². The highest BCUT2D eigenvalue weighted by atomic mass is 32.1. The van der Waals surface area contributed by atoms with Gasteiger partial charge in [0.15, 0.2) is 0 Å². The van der Waals surface area contributed by atoms with Crippen molar-refractivity contribution in [2.75, 3.05) is 6.54 Å². The Hall–Kier alpha value is -1.39. The molecule has 1 heterocycles. The number of thiophene rings is 1. The summed E-state index contributed by atoms with van der Waals surface area (Å²) in [6, 6.07) is 10.1. The van der Waals surface area contributed by atoms with E-state index in [0.717, 1.165) is 15.0 Å². The van der Waals surface area contributed by atoms with Crippen molar-refractivity contribution in [2.45, 2.75) is 31.8 Å². The number of fused-ring (bicyclic) bond motifs is 1. The third-order valence-electron chi connectivity index (χ3n) is 3.76. The average molecular weight is 289 g/mol. The van der Waals surface area contributed by atoms with Gasteiger partial charge >= 0.3 is 0 Å². The Morgan fingerprint density at radius 2 is 2.20 bits per heavy atom. The van der Waals surface area contributed by atoms with Crippen LogP contribution in [-0.4, -0.2) is 17.6 Å². The zero-order chi connectivity index (χ0) is 14.2. The van der Waals surface area contributed by atoms with Gasteiger partial charge in [0.2, 0.25) is 5.91 Å². The molecule has 1 atom stereocenters. The third kappa shape index (κ3) is 3.02. The summed E-state index contributed by atoms with van der Waals surface area (Å²) in [5.74, 6) is 0.623. The molecular formula is C16H19NO2S. The molecule has 0 aliphatic heterocycles. The van der Waals surface area contributed by atoms with Crippen LogP contribution in [-0.2, 0) is 10.4 Å². The molecule has 106 valence electrons. The standard InChI is InChI=1S/C16H19NO2S/c1-16(19,10-17-15(18)8-11-6-7-11)14-9-12-4-2-3-5-13(12)20-14/h2-5,9,11,19H,6-8,10H2,1H3,(H,17,18)/t16-/m1/s1. The van der Waals surface area contributed by atoms with E-state index < -0.39 is 5.60 Å². The van der Waals surface area contributed by atoms with Gasteiger partial charge in [0.25, 0.3) is 0 Å². The van der Waals surface area contributed by atoms with Crippen molar-refractivity contribution in [1.82, 2.24) is 5.32 Å². The van der Waals surface area contributed by atoms with E-state index in [1.54, 1.807) is 18.3 Å². The lowest BCUT2D eigenvalue weighted by atomic mass is 10.0. The molecule has 0 bridgehead atoms. The molecule has 20 heavy (non-hydrogen) atoms. The molecule has 1 saturated carbocycles. The van der Waals surface area contributed by atoms with E-state index in [1.165, 1.54) is 12.8 Å². The van der Waals surface area contributed by atoms with Crippen LogP contribution in [0.3, 0.4) is 0 Å². The third-order valence-corrected chi connectivity index (χ3v) is 5.13.